The molecule has 0 saturated carbocycles. The molecule has 200 valence electrons. The van der Waals surface area contributed by atoms with Crippen LogP contribution >= 0.6 is 0 Å². The number of phenolic OH excluding ortho intramolecular Hbond substituents is 1. The van der Waals surface area contributed by atoms with Crippen molar-refractivity contribution in [3.8, 4) is 11.5 Å². The van der Waals surface area contributed by atoms with Crippen LogP contribution in [0, 0.1) is 0 Å². The number of rotatable bonds is 6. The molecule has 6 rings (SSSR count). The maximum absolute atomic E-state index is 13.5. The summed E-state index contributed by atoms with van der Waals surface area (Å²) in [4.78, 5) is 34.7. The summed E-state index contributed by atoms with van der Waals surface area (Å²) in [6.07, 6.45) is 1.97. The number of likely N-dealkylation sites (tertiary alicyclic amines) is 1. The van der Waals surface area contributed by atoms with Gasteiger partial charge in [-0.25, -0.2) is 0 Å². The Labute approximate surface area is 221 Å². The first-order valence-corrected chi connectivity index (χ1v) is 13.4. The van der Waals surface area contributed by atoms with Gasteiger partial charge in [-0.05, 0) is 49.2 Å². The smallest absolute Gasteiger partial charge is 0.274 e. The maximum Gasteiger partial charge on any atom is 0.274 e. The van der Waals surface area contributed by atoms with E-state index in [0.29, 0.717) is 49.4 Å². The molecule has 2 fully saturated rings. The van der Waals surface area contributed by atoms with Crippen molar-refractivity contribution in [3.05, 3.63) is 52.7 Å². The highest BCUT2D eigenvalue weighted by Crippen LogP contribution is 2.32. The van der Waals surface area contributed by atoms with Crippen LogP contribution in [0.1, 0.15) is 44.8 Å². The van der Waals surface area contributed by atoms with Crippen molar-refractivity contribution < 1.29 is 19.4 Å². The van der Waals surface area contributed by atoms with Crippen LogP contribution in [-0.4, -0.2) is 106 Å². The van der Waals surface area contributed by atoms with Crippen LogP contribution in [-0.2, 0) is 13.1 Å². The maximum atomic E-state index is 13.5. The first kappa shape index (κ1) is 24.7. The lowest BCUT2D eigenvalue weighted by molar-refractivity contribution is 0.0746. The molecule has 0 aliphatic carbocycles. The third-order valence-corrected chi connectivity index (χ3v) is 7.96. The third kappa shape index (κ3) is 4.81. The number of amides is 2. The third-order valence-electron chi connectivity index (χ3n) is 7.96. The lowest BCUT2D eigenvalue weighted by Crippen LogP contribution is -2.45. The summed E-state index contributed by atoms with van der Waals surface area (Å²) >= 11 is 0. The van der Waals surface area contributed by atoms with E-state index >= 15 is 0 Å². The van der Waals surface area contributed by atoms with Crippen molar-refractivity contribution in [3.63, 3.8) is 0 Å². The van der Waals surface area contributed by atoms with Gasteiger partial charge in [-0.1, -0.05) is 6.07 Å². The minimum Gasteiger partial charge on any atom is -0.507 e. The van der Waals surface area contributed by atoms with Gasteiger partial charge < -0.3 is 24.5 Å². The summed E-state index contributed by atoms with van der Waals surface area (Å²) in [5, 5.41) is 18.2. The molecule has 2 N–H and O–H groups in total. The Morgan fingerprint density at radius 3 is 2.50 bits per heavy atom. The number of benzene rings is 2. The Balaban J connectivity index is 1.13. The fourth-order valence-electron chi connectivity index (χ4n) is 5.60. The zero-order valence-corrected chi connectivity index (χ0v) is 21.8. The van der Waals surface area contributed by atoms with Crippen LogP contribution < -0.4 is 4.74 Å². The summed E-state index contributed by atoms with van der Waals surface area (Å²) in [6.45, 7) is 8.14. The van der Waals surface area contributed by atoms with E-state index in [1.54, 1.807) is 15.9 Å². The first-order valence-electron chi connectivity index (χ1n) is 13.4. The minimum atomic E-state index is -0.279. The summed E-state index contributed by atoms with van der Waals surface area (Å²) in [5.41, 5.74) is 3.11. The van der Waals surface area contributed by atoms with Crippen molar-refractivity contribution >= 4 is 22.7 Å². The van der Waals surface area contributed by atoms with Crippen LogP contribution in [0.2, 0.25) is 0 Å². The number of hydrogen-bond acceptors (Lipinski definition) is 7. The predicted molar refractivity (Wildman–Crippen MR) is 142 cm³/mol. The molecular weight excluding hydrogens is 484 g/mol. The number of nitrogens with one attached hydrogen (secondary N) is 1. The number of aromatic nitrogens is 2. The highest BCUT2D eigenvalue weighted by Gasteiger charge is 2.29. The topological polar surface area (TPSA) is 105 Å². The average molecular weight is 519 g/mol. The summed E-state index contributed by atoms with van der Waals surface area (Å²) in [5.74, 6) is 0.251. The number of aromatic hydroxyl groups is 1. The number of ether oxygens (including phenoxy) is 1. The molecule has 0 radical (unpaired) electrons. The Morgan fingerprint density at radius 1 is 0.947 bits per heavy atom. The molecular formula is C28H34N6O4. The van der Waals surface area contributed by atoms with Gasteiger partial charge in [0.05, 0.1) is 11.1 Å². The van der Waals surface area contributed by atoms with Gasteiger partial charge in [-0.3, -0.25) is 19.6 Å². The van der Waals surface area contributed by atoms with Crippen LogP contribution in [0.4, 0.5) is 0 Å². The number of fused-ring (bicyclic) bond motifs is 2. The standard InChI is InChI=1S/C28H34N6O4/c1-31-8-10-32(11-9-31)12-13-38-21-5-4-19-17-34(18-20(19)14-21)27(36)23-15-22-24(16-25(23)35)29-30-26(22)28(37)33-6-2-3-7-33/h4-5,14-16,35H,2-3,6-13,17-18H2,1H3,(H,29,30). The number of phenols is 1. The number of hydrogen-bond donors (Lipinski definition) is 2. The highest BCUT2D eigenvalue weighted by atomic mass is 16.5. The first-order chi connectivity index (χ1) is 18.5. The molecule has 0 spiro atoms. The summed E-state index contributed by atoms with van der Waals surface area (Å²) in [7, 11) is 2.15. The van der Waals surface area contributed by atoms with Gasteiger partial charge >= 0.3 is 0 Å². The van der Waals surface area contributed by atoms with Crippen molar-refractivity contribution in [2.75, 3.05) is 59.5 Å². The van der Waals surface area contributed by atoms with Gasteiger partial charge in [-0.2, -0.15) is 5.10 Å². The number of aromatic amines is 1. The van der Waals surface area contributed by atoms with Crippen LogP contribution in [0.15, 0.2) is 30.3 Å². The van der Waals surface area contributed by atoms with E-state index in [9.17, 15) is 14.7 Å². The molecule has 3 aliphatic rings. The molecule has 3 aliphatic heterocycles. The average Bonchev–Trinajstić information content (AvgIpc) is 3.68. The molecule has 2 aromatic carbocycles. The fraction of sp³-hybridized carbons (Fsp3) is 0.464. The second kappa shape index (κ2) is 10.3. The summed E-state index contributed by atoms with van der Waals surface area (Å²) in [6, 6.07) is 9.06. The Kier molecular flexibility index (Phi) is 6.67. The molecule has 0 unspecified atom stereocenters. The number of H-pyrrole nitrogens is 1. The molecule has 10 heteroatoms. The van der Waals surface area contributed by atoms with Crippen LogP contribution in [0.25, 0.3) is 10.9 Å². The fourth-order valence-corrected chi connectivity index (χ4v) is 5.60. The van der Waals surface area contributed by atoms with Crippen molar-refractivity contribution in [2.24, 2.45) is 0 Å². The monoisotopic (exact) mass is 518 g/mol. The number of likely N-dealkylation sites (N-methyl/N-ethyl adjacent to an activating group) is 1. The van der Waals surface area contributed by atoms with Crippen molar-refractivity contribution in [2.45, 2.75) is 25.9 Å². The number of piperazine rings is 1. The van der Waals surface area contributed by atoms with Crippen LogP contribution in [0.3, 0.4) is 0 Å². The molecule has 0 atom stereocenters. The van der Waals surface area contributed by atoms with E-state index in [-0.39, 0.29) is 23.1 Å². The molecule has 0 bridgehead atoms. The van der Waals surface area contributed by atoms with Gasteiger partial charge in [0, 0.05) is 70.4 Å². The van der Waals surface area contributed by atoms with Gasteiger partial charge in [-0.15, -0.1) is 0 Å². The Morgan fingerprint density at radius 2 is 1.71 bits per heavy atom. The Hall–Kier alpha value is -3.63. The van der Waals surface area contributed by atoms with Gasteiger partial charge in [0.2, 0.25) is 0 Å². The molecule has 1 aromatic heterocycles. The van der Waals surface area contributed by atoms with Gasteiger partial charge in [0.25, 0.3) is 11.8 Å². The minimum absolute atomic E-state index is 0.129. The predicted octanol–water partition coefficient (Wildman–Crippen LogP) is 2.29. The number of carbonyl (C=O) groups is 2. The Bertz CT molecular complexity index is 1360. The molecule has 2 amide bonds. The van der Waals surface area contributed by atoms with E-state index in [2.05, 4.69) is 27.0 Å². The highest BCUT2D eigenvalue weighted by molar-refractivity contribution is 6.08. The van der Waals surface area contributed by atoms with Crippen molar-refractivity contribution in [1.29, 1.82) is 0 Å². The zero-order valence-electron chi connectivity index (χ0n) is 21.8. The lowest BCUT2D eigenvalue weighted by Gasteiger charge is -2.32. The van der Waals surface area contributed by atoms with Crippen LogP contribution in [0.5, 0.6) is 11.5 Å². The zero-order chi connectivity index (χ0) is 26.2. The van der Waals surface area contributed by atoms with E-state index in [1.807, 2.05) is 18.2 Å². The second-order valence-electron chi connectivity index (χ2n) is 10.6. The largest absolute Gasteiger partial charge is 0.507 e. The van der Waals surface area contributed by atoms with Crippen molar-refractivity contribution in [1.82, 2.24) is 29.8 Å². The molecule has 3 aromatic rings. The van der Waals surface area contributed by atoms with E-state index in [1.165, 1.54) is 6.07 Å². The summed E-state index contributed by atoms with van der Waals surface area (Å²) < 4.78 is 6.03. The molecule has 2 saturated heterocycles. The van der Waals surface area contributed by atoms with E-state index in [4.69, 9.17) is 4.74 Å². The number of carbonyl (C=O) groups excluding carboxylic acids is 2. The van der Waals surface area contributed by atoms with E-state index in [0.717, 1.165) is 62.4 Å². The molecule has 10 nitrogen and oxygen atoms in total. The normalized spacial score (nSPS) is 18.3. The van der Waals surface area contributed by atoms with E-state index < -0.39 is 0 Å². The quantitative estimate of drug-likeness (QED) is 0.516. The lowest BCUT2D eigenvalue weighted by atomic mass is 10.1. The molecule has 38 heavy (non-hydrogen) atoms. The van der Waals surface area contributed by atoms with Gasteiger partial charge in [0.15, 0.2) is 5.69 Å². The SMILES string of the molecule is CN1CCN(CCOc2ccc3c(c2)CN(C(=O)c2cc4c(C(=O)N5CCCC5)n[nH]c4cc2O)C3)CC1. The van der Waals surface area contributed by atoms with Gasteiger partial charge in [0.1, 0.15) is 18.1 Å². The second-order valence-corrected chi connectivity index (χ2v) is 10.6. The number of nitrogens with zero attached hydrogens (tertiary/aromatic N) is 5. The molecule has 4 heterocycles.